The van der Waals surface area contributed by atoms with Crippen LogP contribution in [0.3, 0.4) is 0 Å². The van der Waals surface area contributed by atoms with Gasteiger partial charge in [0.25, 0.3) is 0 Å². The standard InChI is InChI=1S/C18H22N4O2/c1-24-15-6-7-16-13(10-15)4-2-5-14(16)11-17(23)21-8-3-9-22-18(21)19-12-20-22/h6-7,10,12,14H,2-5,8-9,11H2,1H3. The smallest absolute Gasteiger partial charge is 0.230 e. The molecule has 1 amide bonds. The normalized spacial score (nSPS) is 19.5. The van der Waals surface area contributed by atoms with Gasteiger partial charge in [-0.3, -0.25) is 9.69 Å². The van der Waals surface area contributed by atoms with Crippen molar-refractivity contribution in [1.29, 1.82) is 0 Å². The van der Waals surface area contributed by atoms with Crippen LogP contribution in [0.25, 0.3) is 0 Å². The van der Waals surface area contributed by atoms with Crippen LogP contribution in [0.1, 0.15) is 42.7 Å². The second kappa shape index (κ2) is 6.26. The first-order valence-electron chi connectivity index (χ1n) is 8.61. The number of hydrogen-bond acceptors (Lipinski definition) is 4. The molecule has 126 valence electrons. The Morgan fingerprint density at radius 1 is 1.33 bits per heavy atom. The number of rotatable bonds is 3. The van der Waals surface area contributed by atoms with Crippen LogP contribution in [0.15, 0.2) is 24.5 Å². The molecule has 0 spiro atoms. The number of carbonyl (C=O) groups is 1. The summed E-state index contributed by atoms with van der Waals surface area (Å²) in [5.41, 5.74) is 2.62. The maximum Gasteiger partial charge on any atom is 0.230 e. The third-order valence-corrected chi connectivity index (χ3v) is 5.10. The fraction of sp³-hybridized carbons (Fsp3) is 0.500. The second-order valence-electron chi connectivity index (χ2n) is 6.54. The van der Waals surface area contributed by atoms with E-state index in [0.29, 0.717) is 12.4 Å². The van der Waals surface area contributed by atoms with Gasteiger partial charge in [0, 0.05) is 19.5 Å². The van der Waals surface area contributed by atoms with Crippen LogP contribution in [0.2, 0.25) is 0 Å². The molecule has 24 heavy (non-hydrogen) atoms. The molecule has 4 rings (SSSR count). The van der Waals surface area contributed by atoms with Gasteiger partial charge in [0.1, 0.15) is 12.1 Å². The van der Waals surface area contributed by atoms with Gasteiger partial charge in [-0.25, -0.2) is 4.68 Å². The Balaban J connectivity index is 1.54. The topological polar surface area (TPSA) is 60.2 Å². The van der Waals surface area contributed by atoms with Crippen LogP contribution in [0, 0.1) is 0 Å². The average Bonchev–Trinajstić information content (AvgIpc) is 3.10. The minimum Gasteiger partial charge on any atom is -0.497 e. The van der Waals surface area contributed by atoms with Crippen molar-refractivity contribution < 1.29 is 9.53 Å². The minimum atomic E-state index is 0.151. The zero-order chi connectivity index (χ0) is 16.5. The summed E-state index contributed by atoms with van der Waals surface area (Å²) in [6.07, 6.45) is 6.24. The molecule has 1 unspecified atom stereocenters. The fourth-order valence-electron chi connectivity index (χ4n) is 3.89. The summed E-state index contributed by atoms with van der Waals surface area (Å²) in [5, 5.41) is 4.19. The maximum absolute atomic E-state index is 12.9. The number of benzene rings is 1. The van der Waals surface area contributed by atoms with Gasteiger partial charge in [0.2, 0.25) is 11.9 Å². The molecular weight excluding hydrogens is 304 g/mol. The fourth-order valence-corrected chi connectivity index (χ4v) is 3.89. The van der Waals surface area contributed by atoms with Crippen LogP contribution in [-0.4, -0.2) is 34.3 Å². The maximum atomic E-state index is 12.9. The third kappa shape index (κ3) is 2.66. The van der Waals surface area contributed by atoms with Crippen LogP contribution < -0.4 is 9.64 Å². The van der Waals surface area contributed by atoms with E-state index in [0.717, 1.165) is 44.5 Å². The first kappa shape index (κ1) is 15.2. The predicted octanol–water partition coefficient (Wildman–Crippen LogP) is 2.53. The van der Waals surface area contributed by atoms with Gasteiger partial charge < -0.3 is 4.74 Å². The van der Waals surface area contributed by atoms with Crippen molar-refractivity contribution in [2.75, 3.05) is 18.6 Å². The van der Waals surface area contributed by atoms with E-state index < -0.39 is 0 Å². The monoisotopic (exact) mass is 326 g/mol. The van der Waals surface area contributed by atoms with Crippen LogP contribution in [-0.2, 0) is 17.8 Å². The van der Waals surface area contributed by atoms with Crippen LogP contribution in [0.5, 0.6) is 5.75 Å². The van der Waals surface area contributed by atoms with Crippen molar-refractivity contribution in [3.05, 3.63) is 35.7 Å². The zero-order valence-electron chi connectivity index (χ0n) is 13.9. The Hall–Kier alpha value is -2.37. The highest BCUT2D eigenvalue weighted by molar-refractivity contribution is 5.92. The number of methoxy groups -OCH3 is 1. The number of nitrogens with zero attached hydrogens (tertiary/aromatic N) is 4. The van der Waals surface area contributed by atoms with Gasteiger partial charge in [0.15, 0.2) is 0 Å². The predicted molar refractivity (Wildman–Crippen MR) is 90.3 cm³/mol. The highest BCUT2D eigenvalue weighted by Crippen LogP contribution is 2.36. The Labute approximate surface area is 141 Å². The van der Waals surface area contributed by atoms with E-state index in [-0.39, 0.29) is 11.8 Å². The molecule has 2 aromatic rings. The Kier molecular flexibility index (Phi) is 3.96. The van der Waals surface area contributed by atoms with Gasteiger partial charge in [-0.1, -0.05) is 6.07 Å². The Morgan fingerprint density at radius 2 is 2.25 bits per heavy atom. The molecule has 1 aliphatic carbocycles. The zero-order valence-corrected chi connectivity index (χ0v) is 13.9. The van der Waals surface area contributed by atoms with Gasteiger partial charge in [-0.2, -0.15) is 10.1 Å². The summed E-state index contributed by atoms with van der Waals surface area (Å²) in [5.74, 6) is 2.02. The van der Waals surface area contributed by atoms with Gasteiger partial charge in [-0.15, -0.1) is 0 Å². The first-order chi connectivity index (χ1) is 11.8. The highest BCUT2D eigenvalue weighted by atomic mass is 16.5. The lowest BCUT2D eigenvalue weighted by molar-refractivity contribution is -0.119. The summed E-state index contributed by atoms with van der Waals surface area (Å²) in [6.45, 7) is 1.57. The summed E-state index contributed by atoms with van der Waals surface area (Å²) >= 11 is 0. The lowest BCUT2D eigenvalue weighted by Gasteiger charge is -2.30. The SMILES string of the molecule is COc1ccc2c(c1)CCCC2CC(=O)N1CCCn2ncnc21. The van der Waals surface area contributed by atoms with Gasteiger partial charge >= 0.3 is 0 Å². The summed E-state index contributed by atoms with van der Waals surface area (Å²) in [6, 6.07) is 6.24. The lowest BCUT2D eigenvalue weighted by atomic mass is 9.80. The molecule has 0 bridgehead atoms. The van der Waals surface area contributed by atoms with Crippen LogP contribution in [0.4, 0.5) is 5.95 Å². The van der Waals surface area contributed by atoms with E-state index in [9.17, 15) is 4.79 Å². The second-order valence-corrected chi connectivity index (χ2v) is 6.54. The number of fused-ring (bicyclic) bond motifs is 2. The molecule has 1 aliphatic heterocycles. The molecule has 0 saturated carbocycles. The van der Waals surface area contributed by atoms with Gasteiger partial charge in [-0.05, 0) is 54.9 Å². The number of hydrogen-bond donors (Lipinski definition) is 0. The number of aryl methyl sites for hydroxylation is 2. The summed E-state index contributed by atoms with van der Waals surface area (Å²) in [7, 11) is 1.69. The van der Waals surface area contributed by atoms with Gasteiger partial charge in [0.05, 0.1) is 7.11 Å². The molecule has 0 radical (unpaired) electrons. The Bertz CT molecular complexity index is 755. The Morgan fingerprint density at radius 3 is 3.12 bits per heavy atom. The molecule has 6 heteroatoms. The molecule has 6 nitrogen and oxygen atoms in total. The third-order valence-electron chi connectivity index (χ3n) is 5.10. The molecule has 1 aromatic carbocycles. The van der Waals surface area contributed by atoms with E-state index in [1.54, 1.807) is 12.0 Å². The first-order valence-corrected chi connectivity index (χ1v) is 8.61. The van der Waals surface area contributed by atoms with Crippen molar-refractivity contribution in [3.63, 3.8) is 0 Å². The molecule has 1 aromatic heterocycles. The van der Waals surface area contributed by atoms with E-state index in [2.05, 4.69) is 22.2 Å². The molecular formula is C18H22N4O2. The van der Waals surface area contributed by atoms with E-state index in [1.807, 2.05) is 10.7 Å². The van der Waals surface area contributed by atoms with Crippen molar-refractivity contribution in [2.24, 2.45) is 0 Å². The number of amides is 1. The largest absolute Gasteiger partial charge is 0.497 e. The summed E-state index contributed by atoms with van der Waals surface area (Å²) in [4.78, 5) is 18.9. The molecule has 2 heterocycles. The number of anilines is 1. The molecule has 1 atom stereocenters. The minimum absolute atomic E-state index is 0.151. The van der Waals surface area contributed by atoms with Crippen LogP contribution >= 0.6 is 0 Å². The summed E-state index contributed by atoms with van der Waals surface area (Å²) < 4.78 is 7.15. The molecule has 0 saturated heterocycles. The number of carbonyl (C=O) groups excluding carboxylic acids is 1. The highest BCUT2D eigenvalue weighted by Gasteiger charge is 2.29. The van der Waals surface area contributed by atoms with E-state index in [4.69, 9.17) is 4.74 Å². The number of ether oxygens (including phenoxy) is 1. The quantitative estimate of drug-likeness (QED) is 0.869. The number of aromatic nitrogens is 3. The van der Waals surface area contributed by atoms with E-state index in [1.165, 1.54) is 17.5 Å². The lowest BCUT2D eigenvalue weighted by Crippen LogP contribution is -2.39. The van der Waals surface area contributed by atoms with Crippen molar-refractivity contribution >= 4 is 11.9 Å². The van der Waals surface area contributed by atoms with Crippen molar-refractivity contribution in [2.45, 2.75) is 44.6 Å². The molecule has 2 aliphatic rings. The average molecular weight is 326 g/mol. The molecule has 0 N–H and O–H groups in total. The molecule has 0 fully saturated rings. The van der Waals surface area contributed by atoms with Crippen molar-refractivity contribution in [1.82, 2.24) is 14.8 Å². The van der Waals surface area contributed by atoms with E-state index >= 15 is 0 Å². The van der Waals surface area contributed by atoms with Crippen molar-refractivity contribution in [3.8, 4) is 5.75 Å².